The molecule has 4 heteroatoms. The SMILES string of the molecule is NC1CCC(F)(c2ccc3c(c2)OCCO3)C1. The Bertz CT molecular complexity index is 437. The normalized spacial score (nSPS) is 31.5. The molecule has 1 aliphatic carbocycles. The summed E-state index contributed by atoms with van der Waals surface area (Å²) in [7, 11) is 0. The van der Waals surface area contributed by atoms with Crippen LogP contribution in [0.3, 0.4) is 0 Å². The topological polar surface area (TPSA) is 44.5 Å². The highest BCUT2D eigenvalue weighted by molar-refractivity contribution is 5.45. The first-order valence-electron chi connectivity index (χ1n) is 6.02. The molecule has 1 aromatic carbocycles. The summed E-state index contributed by atoms with van der Waals surface area (Å²) >= 11 is 0. The van der Waals surface area contributed by atoms with Crippen molar-refractivity contribution in [3.05, 3.63) is 23.8 Å². The Balaban J connectivity index is 1.93. The molecule has 2 aliphatic rings. The molecule has 2 unspecified atom stereocenters. The number of fused-ring (bicyclic) bond motifs is 1. The van der Waals surface area contributed by atoms with E-state index in [0.29, 0.717) is 43.1 Å². The second kappa shape index (κ2) is 3.88. The largest absolute Gasteiger partial charge is 0.486 e. The average molecular weight is 237 g/mol. The zero-order chi connectivity index (χ0) is 11.9. The molecule has 1 heterocycles. The van der Waals surface area contributed by atoms with Gasteiger partial charge < -0.3 is 15.2 Å². The van der Waals surface area contributed by atoms with Crippen molar-refractivity contribution >= 4 is 0 Å². The Morgan fingerprint density at radius 3 is 2.71 bits per heavy atom. The van der Waals surface area contributed by atoms with E-state index in [1.54, 1.807) is 18.2 Å². The molecule has 0 bridgehead atoms. The number of benzene rings is 1. The van der Waals surface area contributed by atoms with Gasteiger partial charge in [-0.15, -0.1) is 0 Å². The van der Waals surface area contributed by atoms with Crippen LogP contribution < -0.4 is 15.2 Å². The van der Waals surface area contributed by atoms with Gasteiger partial charge in [0.05, 0.1) is 0 Å². The third-order valence-corrected chi connectivity index (χ3v) is 3.56. The predicted molar refractivity (Wildman–Crippen MR) is 62.0 cm³/mol. The summed E-state index contributed by atoms with van der Waals surface area (Å²) in [5.41, 5.74) is 5.15. The number of hydrogen-bond donors (Lipinski definition) is 1. The van der Waals surface area contributed by atoms with Crippen molar-refractivity contribution in [2.24, 2.45) is 5.73 Å². The Hall–Kier alpha value is -1.29. The van der Waals surface area contributed by atoms with Crippen molar-refractivity contribution in [3.63, 3.8) is 0 Å². The average Bonchev–Trinajstić information content (AvgIpc) is 2.70. The lowest BCUT2D eigenvalue weighted by Crippen LogP contribution is -2.22. The van der Waals surface area contributed by atoms with Gasteiger partial charge in [0.2, 0.25) is 0 Å². The van der Waals surface area contributed by atoms with Gasteiger partial charge in [-0.1, -0.05) is 6.07 Å². The molecule has 3 nitrogen and oxygen atoms in total. The molecule has 0 radical (unpaired) electrons. The van der Waals surface area contributed by atoms with Gasteiger partial charge in [0.15, 0.2) is 11.5 Å². The zero-order valence-corrected chi connectivity index (χ0v) is 9.62. The standard InChI is InChI=1S/C13H16FNO2/c14-13(4-3-10(15)8-13)9-1-2-11-12(7-9)17-6-5-16-11/h1-2,7,10H,3-6,8,15H2. The van der Waals surface area contributed by atoms with E-state index in [-0.39, 0.29) is 6.04 Å². The molecule has 0 amide bonds. The maximum absolute atomic E-state index is 14.7. The molecule has 0 saturated heterocycles. The quantitative estimate of drug-likeness (QED) is 0.813. The predicted octanol–water partition coefficient (Wildman–Crippen LogP) is 2.13. The Kier molecular flexibility index (Phi) is 2.47. The molecule has 17 heavy (non-hydrogen) atoms. The Labute approximate surface area is 99.7 Å². The number of nitrogens with two attached hydrogens (primary N) is 1. The fourth-order valence-electron chi connectivity index (χ4n) is 2.62. The van der Waals surface area contributed by atoms with Gasteiger partial charge in [-0.05, 0) is 30.5 Å². The summed E-state index contributed by atoms with van der Waals surface area (Å²) in [6.07, 6.45) is 1.63. The lowest BCUT2D eigenvalue weighted by atomic mass is 9.93. The van der Waals surface area contributed by atoms with Gasteiger partial charge in [-0.25, -0.2) is 4.39 Å². The van der Waals surface area contributed by atoms with Crippen LogP contribution in [0.5, 0.6) is 11.5 Å². The van der Waals surface area contributed by atoms with Crippen LogP contribution in [-0.2, 0) is 5.67 Å². The van der Waals surface area contributed by atoms with Crippen molar-refractivity contribution in [3.8, 4) is 11.5 Å². The molecule has 1 fully saturated rings. The van der Waals surface area contributed by atoms with Crippen molar-refractivity contribution in [2.75, 3.05) is 13.2 Å². The number of halogens is 1. The van der Waals surface area contributed by atoms with E-state index in [4.69, 9.17) is 15.2 Å². The maximum Gasteiger partial charge on any atom is 0.161 e. The molecular formula is C13H16FNO2. The van der Waals surface area contributed by atoms with E-state index in [2.05, 4.69) is 0 Å². The van der Waals surface area contributed by atoms with Gasteiger partial charge in [0.1, 0.15) is 18.9 Å². The first-order chi connectivity index (χ1) is 8.17. The van der Waals surface area contributed by atoms with Gasteiger partial charge in [0, 0.05) is 12.5 Å². The van der Waals surface area contributed by atoms with Crippen LogP contribution in [0.1, 0.15) is 24.8 Å². The van der Waals surface area contributed by atoms with Crippen molar-refractivity contribution in [1.82, 2.24) is 0 Å². The van der Waals surface area contributed by atoms with Gasteiger partial charge in [-0.3, -0.25) is 0 Å². The third-order valence-electron chi connectivity index (χ3n) is 3.56. The minimum atomic E-state index is -1.30. The smallest absolute Gasteiger partial charge is 0.161 e. The number of ether oxygens (including phenoxy) is 2. The van der Waals surface area contributed by atoms with E-state index in [9.17, 15) is 4.39 Å². The van der Waals surface area contributed by atoms with Gasteiger partial charge in [0.25, 0.3) is 0 Å². The highest BCUT2D eigenvalue weighted by Crippen LogP contribution is 2.44. The van der Waals surface area contributed by atoms with Crippen LogP contribution in [0.25, 0.3) is 0 Å². The summed E-state index contributed by atoms with van der Waals surface area (Å²) in [5.74, 6) is 1.34. The minimum absolute atomic E-state index is 0.0341. The Morgan fingerprint density at radius 1 is 1.24 bits per heavy atom. The first kappa shape index (κ1) is 10.8. The second-order valence-corrected chi connectivity index (χ2v) is 4.83. The highest BCUT2D eigenvalue weighted by Gasteiger charge is 2.40. The minimum Gasteiger partial charge on any atom is -0.486 e. The molecule has 92 valence electrons. The lowest BCUT2D eigenvalue weighted by Gasteiger charge is -2.24. The maximum atomic E-state index is 14.7. The molecule has 2 atom stereocenters. The molecule has 3 rings (SSSR count). The lowest BCUT2D eigenvalue weighted by molar-refractivity contribution is 0.160. The number of alkyl halides is 1. The third kappa shape index (κ3) is 1.86. The van der Waals surface area contributed by atoms with Crippen LogP contribution in [0.2, 0.25) is 0 Å². The first-order valence-corrected chi connectivity index (χ1v) is 6.02. The van der Waals surface area contributed by atoms with Crippen LogP contribution in [0, 0.1) is 0 Å². The molecule has 1 saturated carbocycles. The molecular weight excluding hydrogens is 221 g/mol. The van der Waals surface area contributed by atoms with Crippen LogP contribution in [0.4, 0.5) is 4.39 Å². The molecule has 0 spiro atoms. The number of rotatable bonds is 1. The Morgan fingerprint density at radius 2 is 2.00 bits per heavy atom. The molecule has 1 aromatic rings. The zero-order valence-electron chi connectivity index (χ0n) is 9.62. The summed E-state index contributed by atoms with van der Waals surface area (Å²) in [6.45, 7) is 1.08. The fraction of sp³-hybridized carbons (Fsp3) is 0.538. The van der Waals surface area contributed by atoms with Crippen molar-refractivity contribution in [1.29, 1.82) is 0 Å². The monoisotopic (exact) mass is 237 g/mol. The molecule has 0 aromatic heterocycles. The van der Waals surface area contributed by atoms with Crippen LogP contribution >= 0.6 is 0 Å². The summed E-state index contributed by atoms with van der Waals surface area (Å²) in [6, 6.07) is 5.29. The highest BCUT2D eigenvalue weighted by atomic mass is 19.1. The van der Waals surface area contributed by atoms with E-state index in [1.807, 2.05) is 0 Å². The van der Waals surface area contributed by atoms with E-state index < -0.39 is 5.67 Å². The molecule has 2 N–H and O–H groups in total. The van der Waals surface area contributed by atoms with E-state index >= 15 is 0 Å². The summed E-state index contributed by atoms with van der Waals surface area (Å²) in [5, 5.41) is 0. The second-order valence-electron chi connectivity index (χ2n) is 4.83. The van der Waals surface area contributed by atoms with E-state index in [0.717, 1.165) is 6.42 Å². The number of hydrogen-bond acceptors (Lipinski definition) is 3. The van der Waals surface area contributed by atoms with Gasteiger partial charge in [-0.2, -0.15) is 0 Å². The summed E-state index contributed by atoms with van der Waals surface area (Å²) < 4.78 is 25.6. The van der Waals surface area contributed by atoms with E-state index in [1.165, 1.54) is 0 Å². The fourth-order valence-corrected chi connectivity index (χ4v) is 2.62. The van der Waals surface area contributed by atoms with Crippen molar-refractivity contribution in [2.45, 2.75) is 31.0 Å². The summed E-state index contributed by atoms with van der Waals surface area (Å²) in [4.78, 5) is 0. The van der Waals surface area contributed by atoms with Crippen LogP contribution in [-0.4, -0.2) is 19.3 Å². The molecule has 1 aliphatic heterocycles. The van der Waals surface area contributed by atoms with Crippen LogP contribution in [0.15, 0.2) is 18.2 Å². The van der Waals surface area contributed by atoms with Crippen molar-refractivity contribution < 1.29 is 13.9 Å². The van der Waals surface area contributed by atoms with Gasteiger partial charge >= 0.3 is 0 Å².